The third-order valence-electron chi connectivity index (χ3n) is 2.88. The van der Waals surface area contributed by atoms with E-state index in [2.05, 4.69) is 4.74 Å². The van der Waals surface area contributed by atoms with Gasteiger partial charge in [0.15, 0.2) is 0 Å². The molecule has 1 aliphatic heterocycles. The van der Waals surface area contributed by atoms with Crippen molar-refractivity contribution in [1.82, 2.24) is 0 Å². The molecule has 0 aliphatic carbocycles. The van der Waals surface area contributed by atoms with E-state index in [4.69, 9.17) is 5.11 Å². The van der Waals surface area contributed by atoms with E-state index in [1.54, 1.807) is 0 Å². The molecule has 1 aromatic rings. The Hall–Kier alpha value is -1.92. The van der Waals surface area contributed by atoms with E-state index in [0.29, 0.717) is 30.6 Å². The molecule has 19 heavy (non-hydrogen) atoms. The standard InChI is InChI=1S/C12H12F3NO3/c13-12(14,15)19-9-4-5-10-8(7-9)3-1-2-6-16(10)11(17)18/h4-5,7H,1-3,6H2,(H,17,18). The van der Waals surface area contributed by atoms with Gasteiger partial charge in [-0.15, -0.1) is 13.2 Å². The first-order chi connectivity index (χ1) is 8.87. The maximum atomic E-state index is 12.1. The number of aryl methyl sites for hydroxylation is 1. The summed E-state index contributed by atoms with van der Waals surface area (Å²) in [6.07, 6.45) is -3.91. The lowest BCUT2D eigenvalue weighted by atomic mass is 10.1. The molecular weight excluding hydrogens is 263 g/mol. The van der Waals surface area contributed by atoms with Gasteiger partial charge in [0, 0.05) is 6.54 Å². The fourth-order valence-corrected chi connectivity index (χ4v) is 2.13. The zero-order valence-electron chi connectivity index (χ0n) is 9.91. The number of carbonyl (C=O) groups is 1. The predicted molar refractivity (Wildman–Crippen MR) is 61.4 cm³/mol. The van der Waals surface area contributed by atoms with Crippen molar-refractivity contribution >= 4 is 11.8 Å². The Balaban J connectivity index is 2.33. The van der Waals surface area contributed by atoms with Crippen LogP contribution in [0.25, 0.3) is 0 Å². The summed E-state index contributed by atoms with van der Waals surface area (Å²) in [5, 5.41) is 9.08. The van der Waals surface area contributed by atoms with Gasteiger partial charge in [-0.25, -0.2) is 4.79 Å². The van der Waals surface area contributed by atoms with Crippen molar-refractivity contribution < 1.29 is 27.8 Å². The van der Waals surface area contributed by atoms with Crippen LogP contribution in [0.1, 0.15) is 18.4 Å². The molecule has 1 aliphatic rings. The van der Waals surface area contributed by atoms with Gasteiger partial charge in [0.25, 0.3) is 0 Å². The van der Waals surface area contributed by atoms with Gasteiger partial charge in [-0.2, -0.15) is 0 Å². The highest BCUT2D eigenvalue weighted by Crippen LogP contribution is 2.32. The number of anilines is 1. The summed E-state index contributed by atoms with van der Waals surface area (Å²) in [6, 6.07) is 3.74. The predicted octanol–water partition coefficient (Wildman–Crippen LogP) is 3.41. The number of hydrogen-bond acceptors (Lipinski definition) is 2. The van der Waals surface area contributed by atoms with Gasteiger partial charge in [-0.05, 0) is 43.0 Å². The third-order valence-corrected chi connectivity index (χ3v) is 2.88. The summed E-state index contributed by atoms with van der Waals surface area (Å²) in [6.45, 7) is 0.349. The van der Waals surface area contributed by atoms with E-state index in [-0.39, 0.29) is 5.75 Å². The third kappa shape index (κ3) is 3.30. The molecule has 4 nitrogen and oxygen atoms in total. The second-order valence-corrected chi connectivity index (χ2v) is 4.23. The van der Waals surface area contributed by atoms with Crippen molar-refractivity contribution in [3.8, 4) is 5.75 Å². The number of fused-ring (bicyclic) bond motifs is 1. The Morgan fingerprint density at radius 2 is 2.05 bits per heavy atom. The number of carboxylic acid groups (broad SMARTS) is 1. The van der Waals surface area contributed by atoms with Crippen molar-refractivity contribution in [3.05, 3.63) is 23.8 Å². The zero-order valence-corrected chi connectivity index (χ0v) is 9.91. The monoisotopic (exact) mass is 275 g/mol. The van der Waals surface area contributed by atoms with Gasteiger partial charge in [0.05, 0.1) is 5.69 Å². The van der Waals surface area contributed by atoms with Gasteiger partial charge >= 0.3 is 12.5 Å². The molecular formula is C12H12F3NO3. The van der Waals surface area contributed by atoms with E-state index >= 15 is 0 Å². The SMILES string of the molecule is O=C(O)N1CCCCc2cc(OC(F)(F)F)ccc21. The first-order valence-corrected chi connectivity index (χ1v) is 5.76. The lowest BCUT2D eigenvalue weighted by Crippen LogP contribution is -2.29. The summed E-state index contributed by atoms with van der Waals surface area (Å²) in [4.78, 5) is 12.3. The molecule has 1 aromatic carbocycles. The van der Waals surface area contributed by atoms with Crippen molar-refractivity contribution in [2.75, 3.05) is 11.4 Å². The zero-order chi connectivity index (χ0) is 14.0. The number of rotatable bonds is 1. The van der Waals surface area contributed by atoms with Crippen molar-refractivity contribution in [1.29, 1.82) is 0 Å². The second-order valence-electron chi connectivity index (χ2n) is 4.23. The Bertz CT molecular complexity index is 488. The summed E-state index contributed by atoms with van der Waals surface area (Å²) >= 11 is 0. The van der Waals surface area contributed by atoms with Crippen molar-refractivity contribution in [2.24, 2.45) is 0 Å². The molecule has 0 radical (unpaired) electrons. The average Bonchev–Trinajstić information content (AvgIpc) is 2.48. The molecule has 0 saturated carbocycles. The average molecular weight is 275 g/mol. The molecule has 104 valence electrons. The van der Waals surface area contributed by atoms with Gasteiger partial charge < -0.3 is 9.84 Å². The lowest BCUT2D eigenvalue weighted by molar-refractivity contribution is -0.274. The van der Waals surface area contributed by atoms with E-state index < -0.39 is 12.5 Å². The number of hydrogen-bond donors (Lipinski definition) is 1. The van der Waals surface area contributed by atoms with Crippen molar-refractivity contribution in [3.63, 3.8) is 0 Å². The fraction of sp³-hybridized carbons (Fsp3) is 0.417. The Kier molecular flexibility index (Phi) is 3.55. The topological polar surface area (TPSA) is 49.8 Å². The number of ether oxygens (including phenoxy) is 1. The van der Waals surface area contributed by atoms with Crippen LogP contribution in [0.5, 0.6) is 5.75 Å². The largest absolute Gasteiger partial charge is 0.573 e. The quantitative estimate of drug-likeness (QED) is 0.854. The highest BCUT2D eigenvalue weighted by atomic mass is 19.4. The number of halogens is 3. The molecule has 0 spiro atoms. The summed E-state index contributed by atoms with van der Waals surface area (Å²) in [5.74, 6) is -0.321. The molecule has 2 rings (SSSR count). The number of benzene rings is 1. The smallest absolute Gasteiger partial charge is 0.465 e. The maximum absolute atomic E-state index is 12.1. The molecule has 0 aromatic heterocycles. The van der Waals surface area contributed by atoms with Crippen LogP contribution in [-0.4, -0.2) is 24.1 Å². The fourth-order valence-electron chi connectivity index (χ4n) is 2.13. The Morgan fingerprint density at radius 1 is 1.32 bits per heavy atom. The summed E-state index contributed by atoms with van der Waals surface area (Å²) < 4.78 is 40.2. The number of alkyl halides is 3. The Labute approximate surface area is 107 Å². The van der Waals surface area contributed by atoms with Crippen molar-refractivity contribution in [2.45, 2.75) is 25.6 Å². The minimum Gasteiger partial charge on any atom is -0.465 e. The van der Waals surface area contributed by atoms with E-state index in [0.717, 1.165) is 17.4 Å². The minimum absolute atomic E-state index is 0.321. The van der Waals surface area contributed by atoms with Crippen LogP contribution >= 0.6 is 0 Å². The molecule has 0 bridgehead atoms. The van der Waals surface area contributed by atoms with Gasteiger partial charge in [-0.3, -0.25) is 4.90 Å². The van der Waals surface area contributed by atoms with Crippen LogP contribution in [0.4, 0.5) is 23.7 Å². The summed E-state index contributed by atoms with van der Waals surface area (Å²) in [5.41, 5.74) is 0.987. The normalized spacial score (nSPS) is 15.6. The van der Waals surface area contributed by atoms with Crippen LogP contribution in [-0.2, 0) is 6.42 Å². The maximum Gasteiger partial charge on any atom is 0.573 e. The molecule has 1 heterocycles. The highest BCUT2D eigenvalue weighted by molar-refractivity contribution is 5.87. The highest BCUT2D eigenvalue weighted by Gasteiger charge is 2.31. The Morgan fingerprint density at radius 3 is 2.68 bits per heavy atom. The van der Waals surface area contributed by atoms with E-state index in [1.807, 2.05) is 0 Å². The van der Waals surface area contributed by atoms with Crippen LogP contribution in [0, 0.1) is 0 Å². The van der Waals surface area contributed by atoms with Crippen LogP contribution in [0.3, 0.4) is 0 Å². The second kappa shape index (κ2) is 4.99. The first kappa shape index (κ1) is 13.5. The van der Waals surface area contributed by atoms with E-state index in [9.17, 15) is 18.0 Å². The van der Waals surface area contributed by atoms with Gasteiger partial charge in [-0.1, -0.05) is 0 Å². The lowest BCUT2D eigenvalue weighted by Gasteiger charge is -2.20. The van der Waals surface area contributed by atoms with Gasteiger partial charge in [0.2, 0.25) is 0 Å². The van der Waals surface area contributed by atoms with Gasteiger partial charge in [0.1, 0.15) is 5.75 Å². The van der Waals surface area contributed by atoms with Crippen LogP contribution in [0.2, 0.25) is 0 Å². The van der Waals surface area contributed by atoms with Crippen LogP contribution in [0.15, 0.2) is 18.2 Å². The minimum atomic E-state index is -4.74. The number of amides is 1. The molecule has 0 saturated heterocycles. The summed E-state index contributed by atoms with van der Waals surface area (Å²) in [7, 11) is 0. The molecule has 7 heteroatoms. The molecule has 0 atom stereocenters. The molecule has 0 unspecified atom stereocenters. The van der Waals surface area contributed by atoms with E-state index in [1.165, 1.54) is 12.1 Å². The molecule has 0 fully saturated rings. The first-order valence-electron chi connectivity index (χ1n) is 5.76. The molecule has 1 N–H and O–H groups in total. The number of nitrogens with zero attached hydrogens (tertiary/aromatic N) is 1. The van der Waals surface area contributed by atoms with Crippen LogP contribution < -0.4 is 9.64 Å². The molecule has 1 amide bonds.